The number of carbonyl (C=O) groups is 1. The summed E-state index contributed by atoms with van der Waals surface area (Å²) in [5.41, 5.74) is 5.87. The van der Waals surface area contributed by atoms with Gasteiger partial charge in [0, 0.05) is 23.3 Å². The topological polar surface area (TPSA) is 60.8 Å². The quantitative estimate of drug-likeness (QED) is 0.415. The predicted molar refractivity (Wildman–Crippen MR) is 134 cm³/mol. The van der Waals surface area contributed by atoms with Crippen molar-refractivity contribution in [3.05, 3.63) is 99.6 Å². The highest BCUT2D eigenvalue weighted by Crippen LogP contribution is 2.45. The lowest BCUT2D eigenvalue weighted by Crippen LogP contribution is -2.49. The maximum absolute atomic E-state index is 10.9. The van der Waals surface area contributed by atoms with Crippen LogP contribution in [0.1, 0.15) is 48.1 Å². The summed E-state index contributed by atoms with van der Waals surface area (Å²) in [6.07, 6.45) is 5.53. The van der Waals surface area contributed by atoms with Crippen LogP contribution in [0.4, 0.5) is 5.69 Å². The molecule has 1 aliphatic heterocycles. The summed E-state index contributed by atoms with van der Waals surface area (Å²) in [5.74, 6) is -0.702. The van der Waals surface area contributed by atoms with Gasteiger partial charge in [0.1, 0.15) is 5.75 Å². The van der Waals surface area contributed by atoms with Crippen molar-refractivity contribution in [1.82, 2.24) is 0 Å². The molecule has 0 spiro atoms. The first-order valence-corrected chi connectivity index (χ1v) is 11.6. The van der Waals surface area contributed by atoms with Gasteiger partial charge in [0.25, 0.3) is 0 Å². The zero-order chi connectivity index (χ0) is 23.6. The van der Waals surface area contributed by atoms with E-state index in [2.05, 4.69) is 36.9 Å². The molecule has 3 aromatic rings. The van der Waals surface area contributed by atoms with Gasteiger partial charge in [-0.25, -0.2) is 4.79 Å². The van der Waals surface area contributed by atoms with E-state index in [0.29, 0.717) is 0 Å². The van der Waals surface area contributed by atoms with Gasteiger partial charge in [-0.15, -0.1) is 0 Å². The van der Waals surface area contributed by atoms with E-state index in [1.165, 1.54) is 0 Å². The molecule has 1 aliphatic rings. The Hall–Kier alpha value is -3.24. The Kier molecular flexibility index (Phi) is 6.48. The van der Waals surface area contributed by atoms with Gasteiger partial charge in [0.15, 0.2) is 0 Å². The van der Waals surface area contributed by atoms with Crippen molar-refractivity contribution >= 4 is 29.3 Å². The summed E-state index contributed by atoms with van der Waals surface area (Å²) < 4.78 is 0. The molecule has 2 N–H and O–H groups in total. The highest BCUT2D eigenvalue weighted by Gasteiger charge is 2.40. The van der Waals surface area contributed by atoms with Crippen LogP contribution in [0.5, 0.6) is 5.75 Å². The van der Waals surface area contributed by atoms with Crippen LogP contribution in [0.2, 0.25) is 5.02 Å². The molecule has 0 aromatic heterocycles. The summed E-state index contributed by atoms with van der Waals surface area (Å²) in [7, 11) is 0. The second-order valence-corrected chi connectivity index (χ2v) is 9.04. The van der Waals surface area contributed by atoms with Gasteiger partial charge in [-0.3, -0.25) is 0 Å². The molecule has 170 valence electrons. The third-order valence-electron chi connectivity index (χ3n) is 6.52. The number of halogens is 1. The minimum atomic E-state index is -0.971. The minimum Gasteiger partial charge on any atom is -0.508 e. The monoisotopic (exact) mass is 461 g/mol. The fraction of sp³-hybridized carbons (Fsp3) is 0.250. The van der Waals surface area contributed by atoms with Crippen molar-refractivity contribution in [2.75, 3.05) is 11.4 Å². The molecule has 1 unspecified atom stereocenters. The zero-order valence-corrected chi connectivity index (χ0v) is 19.6. The molecule has 4 rings (SSSR count). The van der Waals surface area contributed by atoms with Crippen molar-refractivity contribution in [3.8, 4) is 5.75 Å². The average Bonchev–Trinajstić information content (AvgIpc) is 2.79. The number of carboxylic acid groups (broad SMARTS) is 1. The van der Waals surface area contributed by atoms with Crippen molar-refractivity contribution in [3.63, 3.8) is 0 Å². The number of benzene rings is 3. The van der Waals surface area contributed by atoms with Crippen LogP contribution in [0.3, 0.4) is 0 Å². The first-order valence-electron chi connectivity index (χ1n) is 11.2. The molecule has 1 atom stereocenters. The second kappa shape index (κ2) is 9.32. The van der Waals surface area contributed by atoms with E-state index >= 15 is 0 Å². The fourth-order valence-electron chi connectivity index (χ4n) is 4.82. The highest BCUT2D eigenvalue weighted by molar-refractivity contribution is 6.31. The van der Waals surface area contributed by atoms with E-state index in [0.717, 1.165) is 70.4 Å². The normalized spacial score (nSPS) is 17.8. The van der Waals surface area contributed by atoms with E-state index in [9.17, 15) is 9.90 Å². The zero-order valence-electron chi connectivity index (χ0n) is 18.9. The summed E-state index contributed by atoms with van der Waals surface area (Å²) in [5, 5.41) is 19.8. The molecule has 0 fully saturated rings. The maximum Gasteiger partial charge on any atom is 0.328 e. The molecule has 5 heteroatoms. The highest BCUT2D eigenvalue weighted by atomic mass is 35.5. The summed E-state index contributed by atoms with van der Waals surface area (Å²) in [6.45, 7) is 5.11. The van der Waals surface area contributed by atoms with Gasteiger partial charge < -0.3 is 15.1 Å². The Morgan fingerprint density at radius 3 is 2.55 bits per heavy atom. The predicted octanol–water partition coefficient (Wildman–Crippen LogP) is 6.42. The van der Waals surface area contributed by atoms with Crippen molar-refractivity contribution in [1.29, 1.82) is 0 Å². The molecule has 3 aromatic carbocycles. The van der Waals surface area contributed by atoms with Crippen LogP contribution in [0, 0.1) is 0 Å². The fourth-order valence-corrected chi connectivity index (χ4v) is 5.09. The van der Waals surface area contributed by atoms with Gasteiger partial charge in [0.2, 0.25) is 0 Å². The number of rotatable bonds is 6. The van der Waals surface area contributed by atoms with E-state index in [1.54, 1.807) is 12.1 Å². The first-order chi connectivity index (χ1) is 15.8. The van der Waals surface area contributed by atoms with Crippen molar-refractivity contribution in [2.24, 2.45) is 0 Å². The van der Waals surface area contributed by atoms with E-state index < -0.39 is 11.5 Å². The molecule has 4 nitrogen and oxygen atoms in total. The van der Waals surface area contributed by atoms with Crippen LogP contribution < -0.4 is 4.90 Å². The lowest BCUT2D eigenvalue weighted by atomic mass is 9.76. The Morgan fingerprint density at radius 2 is 1.88 bits per heavy atom. The number of carboxylic acids is 1. The standard InChI is InChI=1S/C28H28ClNO3/c1-3-4-20-8-11-23(18-26(20)29)30-16-15-21-17-24(31)12-13-25(21)28(30,2)22-9-5-19(6-10-22)7-14-27(32)33/h5-14,17-18,31H,3-4,15-16H2,1-2H3,(H,32,33)/b14-7+. The Morgan fingerprint density at radius 1 is 1.12 bits per heavy atom. The number of hydrogen-bond donors (Lipinski definition) is 2. The van der Waals surface area contributed by atoms with Gasteiger partial charge in [-0.1, -0.05) is 61.3 Å². The molecule has 0 radical (unpaired) electrons. The molecular weight excluding hydrogens is 434 g/mol. The third-order valence-corrected chi connectivity index (χ3v) is 6.87. The maximum atomic E-state index is 10.9. The average molecular weight is 462 g/mol. The summed E-state index contributed by atoms with van der Waals surface area (Å²) in [6, 6.07) is 19.9. The first kappa shape index (κ1) is 22.9. The van der Waals surface area contributed by atoms with Crippen molar-refractivity contribution < 1.29 is 15.0 Å². The molecule has 0 bridgehead atoms. The molecule has 0 saturated carbocycles. The Balaban J connectivity index is 1.82. The van der Waals surface area contributed by atoms with Gasteiger partial charge in [-0.2, -0.15) is 0 Å². The SMILES string of the molecule is CCCc1ccc(N2CCc3cc(O)ccc3C2(C)c2ccc(/C=C/C(=O)O)cc2)cc1Cl. The van der Waals surface area contributed by atoms with Crippen LogP contribution in [0.15, 0.2) is 66.7 Å². The van der Waals surface area contributed by atoms with Crippen molar-refractivity contribution in [2.45, 2.75) is 38.6 Å². The van der Waals surface area contributed by atoms with Crippen LogP contribution in [-0.2, 0) is 23.2 Å². The Bertz CT molecular complexity index is 1200. The van der Waals surface area contributed by atoms with Crippen LogP contribution in [-0.4, -0.2) is 22.7 Å². The lowest BCUT2D eigenvalue weighted by Gasteiger charge is -2.48. The number of aromatic hydroxyl groups is 1. The number of anilines is 1. The number of aliphatic carboxylic acids is 1. The molecule has 1 heterocycles. The summed E-state index contributed by atoms with van der Waals surface area (Å²) in [4.78, 5) is 13.2. The Labute approximate surface area is 199 Å². The number of phenols is 1. The lowest BCUT2D eigenvalue weighted by molar-refractivity contribution is -0.131. The molecule has 0 saturated heterocycles. The second-order valence-electron chi connectivity index (χ2n) is 8.63. The van der Waals surface area contributed by atoms with E-state index in [1.807, 2.05) is 36.4 Å². The molecule has 0 aliphatic carbocycles. The van der Waals surface area contributed by atoms with Gasteiger partial charge in [-0.05, 0) is 77.9 Å². The van der Waals surface area contributed by atoms with E-state index in [4.69, 9.17) is 16.7 Å². The third kappa shape index (κ3) is 4.49. The summed E-state index contributed by atoms with van der Waals surface area (Å²) >= 11 is 6.65. The number of nitrogens with zero attached hydrogens (tertiary/aromatic N) is 1. The van der Waals surface area contributed by atoms with Gasteiger partial charge >= 0.3 is 5.97 Å². The van der Waals surface area contributed by atoms with Gasteiger partial charge in [0.05, 0.1) is 5.54 Å². The smallest absolute Gasteiger partial charge is 0.328 e. The van der Waals surface area contributed by atoms with Crippen LogP contribution in [0.25, 0.3) is 6.08 Å². The molecule has 0 amide bonds. The largest absolute Gasteiger partial charge is 0.508 e. The minimum absolute atomic E-state index is 0.269. The molecular formula is C28H28ClNO3. The number of phenolic OH excluding ortho intramolecular Hbond substituents is 1. The van der Waals surface area contributed by atoms with Crippen LogP contribution >= 0.6 is 11.6 Å². The van der Waals surface area contributed by atoms with E-state index in [-0.39, 0.29) is 5.75 Å². The number of fused-ring (bicyclic) bond motifs is 1. The number of hydrogen-bond acceptors (Lipinski definition) is 3. The molecule has 33 heavy (non-hydrogen) atoms. The number of aryl methyl sites for hydroxylation is 1.